The highest BCUT2D eigenvalue weighted by Crippen LogP contribution is 2.14. The summed E-state index contributed by atoms with van der Waals surface area (Å²) >= 11 is 0. The molecule has 1 unspecified atom stereocenters. The Morgan fingerprint density at radius 3 is 3.00 bits per heavy atom. The van der Waals surface area contributed by atoms with Gasteiger partial charge in [-0.3, -0.25) is 24.6 Å². The van der Waals surface area contributed by atoms with Crippen LogP contribution in [0.5, 0.6) is 0 Å². The van der Waals surface area contributed by atoms with E-state index in [9.17, 15) is 19.7 Å². The molecule has 0 radical (unpaired) electrons. The fourth-order valence-electron chi connectivity index (χ4n) is 2.11. The zero-order valence-corrected chi connectivity index (χ0v) is 11.0. The van der Waals surface area contributed by atoms with Crippen LogP contribution in [0.2, 0.25) is 0 Å². The molecule has 1 aliphatic rings. The van der Waals surface area contributed by atoms with Gasteiger partial charge in [-0.25, -0.2) is 0 Å². The van der Waals surface area contributed by atoms with Crippen molar-refractivity contribution in [3.63, 3.8) is 0 Å². The second kappa shape index (κ2) is 5.79. The van der Waals surface area contributed by atoms with Gasteiger partial charge in [0.05, 0.1) is 17.5 Å². The number of rotatable bonds is 4. The van der Waals surface area contributed by atoms with E-state index in [1.165, 1.54) is 18.2 Å². The zero-order valence-electron chi connectivity index (χ0n) is 11.0. The molecule has 1 fully saturated rings. The highest BCUT2D eigenvalue weighted by atomic mass is 16.6. The summed E-state index contributed by atoms with van der Waals surface area (Å²) in [5.41, 5.74) is 0.178. The molecular formula is C13H15N3O4. The molecule has 7 nitrogen and oxygen atoms in total. The van der Waals surface area contributed by atoms with Gasteiger partial charge in [-0.05, 0) is 6.92 Å². The Balaban J connectivity index is 2.10. The Morgan fingerprint density at radius 2 is 2.30 bits per heavy atom. The Morgan fingerprint density at radius 1 is 1.55 bits per heavy atom. The first-order valence-electron chi connectivity index (χ1n) is 6.28. The van der Waals surface area contributed by atoms with Gasteiger partial charge in [0.2, 0.25) is 5.91 Å². The molecular weight excluding hydrogens is 262 g/mol. The second-order valence-electron chi connectivity index (χ2n) is 4.67. The summed E-state index contributed by atoms with van der Waals surface area (Å²) in [5.74, 6) is -0.335. The fraction of sp³-hybridized carbons (Fsp3) is 0.385. The van der Waals surface area contributed by atoms with Crippen molar-refractivity contribution in [3.05, 3.63) is 39.9 Å². The standard InChI is InChI=1S/C13H15N3O4/c1-9-13(18)14-5-6-15(9)8-12(17)10-3-2-4-11(7-10)16(19)20/h2-4,7,9H,5-6,8H2,1H3,(H,14,18). The quantitative estimate of drug-likeness (QED) is 0.494. The van der Waals surface area contributed by atoms with E-state index in [2.05, 4.69) is 5.32 Å². The summed E-state index contributed by atoms with van der Waals surface area (Å²) in [6.07, 6.45) is 0. The number of nitro groups is 1. The summed E-state index contributed by atoms with van der Waals surface area (Å²) in [5, 5.41) is 13.4. The van der Waals surface area contributed by atoms with Crippen molar-refractivity contribution in [2.75, 3.05) is 19.6 Å². The van der Waals surface area contributed by atoms with Crippen LogP contribution in [-0.4, -0.2) is 47.2 Å². The van der Waals surface area contributed by atoms with Crippen LogP contribution in [0.25, 0.3) is 0 Å². The number of benzene rings is 1. The van der Waals surface area contributed by atoms with Crippen LogP contribution >= 0.6 is 0 Å². The van der Waals surface area contributed by atoms with Crippen LogP contribution in [0.4, 0.5) is 5.69 Å². The number of hydrogen-bond donors (Lipinski definition) is 1. The maximum atomic E-state index is 12.1. The Kier molecular flexibility index (Phi) is 4.09. The molecule has 0 spiro atoms. The summed E-state index contributed by atoms with van der Waals surface area (Å²) in [7, 11) is 0. The van der Waals surface area contributed by atoms with E-state index in [-0.39, 0.29) is 35.5 Å². The van der Waals surface area contributed by atoms with Crippen molar-refractivity contribution in [2.45, 2.75) is 13.0 Å². The average molecular weight is 277 g/mol. The van der Waals surface area contributed by atoms with Gasteiger partial charge in [0.15, 0.2) is 5.78 Å². The molecule has 1 amide bonds. The Hall–Kier alpha value is -2.28. The molecule has 106 valence electrons. The SMILES string of the molecule is CC1C(=O)NCCN1CC(=O)c1cccc([N+](=O)[O-])c1. The highest BCUT2D eigenvalue weighted by Gasteiger charge is 2.27. The molecule has 20 heavy (non-hydrogen) atoms. The topological polar surface area (TPSA) is 92.6 Å². The third kappa shape index (κ3) is 3.00. The maximum Gasteiger partial charge on any atom is 0.270 e. The molecule has 1 atom stereocenters. The molecule has 1 aromatic rings. The second-order valence-corrected chi connectivity index (χ2v) is 4.67. The molecule has 0 saturated carbocycles. The number of nitro benzene ring substituents is 1. The van der Waals surface area contributed by atoms with Gasteiger partial charge < -0.3 is 5.32 Å². The molecule has 1 saturated heterocycles. The average Bonchev–Trinajstić information content (AvgIpc) is 2.44. The lowest BCUT2D eigenvalue weighted by Crippen LogP contribution is -2.55. The monoisotopic (exact) mass is 277 g/mol. The van der Waals surface area contributed by atoms with Crippen molar-refractivity contribution < 1.29 is 14.5 Å². The van der Waals surface area contributed by atoms with Gasteiger partial charge in [0, 0.05) is 30.8 Å². The third-order valence-corrected chi connectivity index (χ3v) is 3.35. The van der Waals surface area contributed by atoms with Crippen molar-refractivity contribution in [2.24, 2.45) is 0 Å². The molecule has 1 N–H and O–H groups in total. The molecule has 7 heteroatoms. The normalized spacial score (nSPS) is 19.4. The lowest BCUT2D eigenvalue weighted by atomic mass is 10.1. The largest absolute Gasteiger partial charge is 0.353 e. The Bertz CT molecular complexity index is 558. The molecule has 2 rings (SSSR count). The number of Topliss-reactive ketones (excluding diaryl/α,β-unsaturated/α-hetero) is 1. The highest BCUT2D eigenvalue weighted by molar-refractivity contribution is 5.98. The number of carbonyl (C=O) groups excluding carboxylic acids is 2. The van der Waals surface area contributed by atoms with Crippen LogP contribution in [0.1, 0.15) is 17.3 Å². The fourth-order valence-corrected chi connectivity index (χ4v) is 2.11. The molecule has 0 aromatic heterocycles. The summed E-state index contributed by atoms with van der Waals surface area (Å²) in [6.45, 7) is 2.91. The number of carbonyl (C=O) groups is 2. The summed E-state index contributed by atoms with van der Waals surface area (Å²) in [4.78, 5) is 35.6. The smallest absolute Gasteiger partial charge is 0.270 e. The predicted molar refractivity (Wildman–Crippen MR) is 71.5 cm³/mol. The predicted octanol–water partition coefficient (Wildman–Crippen LogP) is 0.598. The van der Waals surface area contributed by atoms with Crippen molar-refractivity contribution in [3.8, 4) is 0 Å². The van der Waals surface area contributed by atoms with E-state index in [4.69, 9.17) is 0 Å². The van der Waals surface area contributed by atoms with E-state index < -0.39 is 4.92 Å². The first-order chi connectivity index (χ1) is 9.49. The lowest BCUT2D eigenvalue weighted by molar-refractivity contribution is -0.384. The van der Waals surface area contributed by atoms with Crippen molar-refractivity contribution >= 4 is 17.4 Å². The summed E-state index contributed by atoms with van der Waals surface area (Å²) < 4.78 is 0. The Labute approximate surface area is 115 Å². The molecule has 0 aliphatic carbocycles. The number of amides is 1. The van der Waals surface area contributed by atoms with E-state index in [1.807, 2.05) is 0 Å². The lowest BCUT2D eigenvalue weighted by Gasteiger charge is -2.32. The molecule has 1 aromatic carbocycles. The maximum absolute atomic E-state index is 12.1. The van der Waals surface area contributed by atoms with Crippen LogP contribution in [-0.2, 0) is 4.79 Å². The van der Waals surface area contributed by atoms with Gasteiger partial charge in [-0.2, -0.15) is 0 Å². The van der Waals surface area contributed by atoms with Gasteiger partial charge in [-0.15, -0.1) is 0 Å². The molecule has 1 heterocycles. The first-order valence-corrected chi connectivity index (χ1v) is 6.28. The number of ketones is 1. The van der Waals surface area contributed by atoms with Crippen LogP contribution < -0.4 is 5.32 Å². The minimum absolute atomic E-state index is 0.0791. The van der Waals surface area contributed by atoms with Crippen molar-refractivity contribution in [1.29, 1.82) is 0 Å². The van der Waals surface area contributed by atoms with Crippen LogP contribution in [0, 0.1) is 10.1 Å². The van der Waals surface area contributed by atoms with Gasteiger partial charge in [-0.1, -0.05) is 12.1 Å². The van der Waals surface area contributed by atoms with Crippen molar-refractivity contribution in [1.82, 2.24) is 10.2 Å². The number of piperazine rings is 1. The first kappa shape index (κ1) is 14.1. The molecule has 0 bridgehead atoms. The van der Waals surface area contributed by atoms with E-state index in [0.29, 0.717) is 13.1 Å². The van der Waals surface area contributed by atoms with E-state index in [1.54, 1.807) is 17.9 Å². The van der Waals surface area contributed by atoms with Gasteiger partial charge in [0.1, 0.15) is 0 Å². The van der Waals surface area contributed by atoms with E-state index >= 15 is 0 Å². The third-order valence-electron chi connectivity index (χ3n) is 3.35. The molecule has 1 aliphatic heterocycles. The van der Waals surface area contributed by atoms with Crippen LogP contribution in [0.15, 0.2) is 24.3 Å². The zero-order chi connectivity index (χ0) is 14.7. The van der Waals surface area contributed by atoms with Gasteiger partial charge >= 0.3 is 0 Å². The van der Waals surface area contributed by atoms with Gasteiger partial charge in [0.25, 0.3) is 5.69 Å². The number of hydrogen-bond acceptors (Lipinski definition) is 5. The number of non-ortho nitro benzene ring substituents is 1. The minimum atomic E-state index is -0.534. The number of nitrogens with zero attached hydrogens (tertiary/aromatic N) is 2. The summed E-state index contributed by atoms with van der Waals surface area (Å²) in [6, 6.07) is 5.26. The minimum Gasteiger partial charge on any atom is -0.353 e. The number of nitrogens with one attached hydrogen (secondary N) is 1. The van der Waals surface area contributed by atoms with Crippen LogP contribution in [0.3, 0.4) is 0 Å². The van der Waals surface area contributed by atoms with E-state index in [0.717, 1.165) is 0 Å².